The Balaban J connectivity index is 2.61. The van der Waals surface area contributed by atoms with Crippen molar-refractivity contribution in [2.75, 3.05) is 0 Å². The van der Waals surface area contributed by atoms with Gasteiger partial charge in [0.1, 0.15) is 0 Å². The van der Waals surface area contributed by atoms with E-state index in [4.69, 9.17) is 5.11 Å². The Kier molecular flexibility index (Phi) is 5.55. The number of carbonyl (C=O) groups is 2. The van der Waals surface area contributed by atoms with Gasteiger partial charge in [-0.05, 0) is 17.5 Å². The quantitative estimate of drug-likeness (QED) is 0.827. The van der Waals surface area contributed by atoms with Gasteiger partial charge in [0.25, 0.3) is 0 Å². The van der Waals surface area contributed by atoms with Gasteiger partial charge < -0.3 is 10.4 Å². The van der Waals surface area contributed by atoms with E-state index in [9.17, 15) is 9.59 Å². The van der Waals surface area contributed by atoms with E-state index in [1.165, 1.54) is 5.56 Å². The lowest BCUT2D eigenvalue weighted by molar-refractivity contribution is -0.146. The van der Waals surface area contributed by atoms with Crippen LogP contribution in [0.25, 0.3) is 0 Å². The second-order valence-electron chi connectivity index (χ2n) is 4.76. The summed E-state index contributed by atoms with van der Waals surface area (Å²) in [5.41, 5.74) is 2.27. The summed E-state index contributed by atoms with van der Waals surface area (Å²) < 4.78 is 0. The molecule has 0 aliphatic carbocycles. The first-order valence-electron chi connectivity index (χ1n) is 6.54. The normalized spacial score (nSPS) is 13.6. The van der Waals surface area contributed by atoms with E-state index < -0.39 is 17.8 Å². The highest BCUT2D eigenvalue weighted by Crippen LogP contribution is 2.13. The van der Waals surface area contributed by atoms with Crippen LogP contribution in [0, 0.1) is 11.8 Å². The summed E-state index contributed by atoms with van der Waals surface area (Å²) in [6.07, 6.45) is 0.910. The molecule has 19 heavy (non-hydrogen) atoms. The molecule has 4 heteroatoms. The van der Waals surface area contributed by atoms with Crippen LogP contribution in [-0.4, -0.2) is 17.0 Å². The highest BCUT2D eigenvalue weighted by Gasteiger charge is 2.25. The van der Waals surface area contributed by atoms with Gasteiger partial charge in [-0.2, -0.15) is 0 Å². The van der Waals surface area contributed by atoms with Gasteiger partial charge in [0, 0.05) is 12.5 Å². The Labute approximate surface area is 113 Å². The zero-order valence-corrected chi connectivity index (χ0v) is 11.6. The van der Waals surface area contributed by atoms with Crippen molar-refractivity contribution in [3.63, 3.8) is 0 Å². The van der Waals surface area contributed by atoms with E-state index >= 15 is 0 Å². The minimum absolute atomic E-state index is 0.221. The zero-order valence-electron chi connectivity index (χ0n) is 11.6. The Morgan fingerprint density at radius 3 is 2.26 bits per heavy atom. The van der Waals surface area contributed by atoms with Crippen molar-refractivity contribution in [2.45, 2.75) is 33.7 Å². The molecule has 1 aromatic carbocycles. The summed E-state index contributed by atoms with van der Waals surface area (Å²) in [6.45, 7) is 5.70. The Hall–Kier alpha value is -1.84. The number of hydrogen-bond acceptors (Lipinski definition) is 2. The molecule has 0 aliphatic heterocycles. The smallest absolute Gasteiger partial charge is 0.307 e. The molecule has 4 nitrogen and oxygen atoms in total. The third-order valence-corrected chi connectivity index (χ3v) is 3.51. The summed E-state index contributed by atoms with van der Waals surface area (Å²) >= 11 is 0. The lowest BCUT2D eigenvalue weighted by Gasteiger charge is -2.16. The topological polar surface area (TPSA) is 66.4 Å². The minimum Gasteiger partial charge on any atom is -0.481 e. The molecule has 0 bridgehead atoms. The van der Waals surface area contributed by atoms with Gasteiger partial charge in [-0.1, -0.05) is 45.0 Å². The first kappa shape index (κ1) is 15.2. The third-order valence-electron chi connectivity index (χ3n) is 3.51. The van der Waals surface area contributed by atoms with Gasteiger partial charge in [0.05, 0.1) is 5.92 Å². The average molecular weight is 263 g/mol. The predicted molar refractivity (Wildman–Crippen MR) is 73.6 cm³/mol. The van der Waals surface area contributed by atoms with E-state index in [0.29, 0.717) is 6.54 Å². The molecule has 1 aromatic rings. The summed E-state index contributed by atoms with van der Waals surface area (Å²) in [5, 5.41) is 11.7. The average Bonchev–Trinajstić information content (AvgIpc) is 2.43. The lowest BCUT2D eigenvalue weighted by atomic mass is 9.95. The molecule has 2 N–H and O–H groups in total. The molecule has 1 amide bonds. The molecule has 0 heterocycles. The van der Waals surface area contributed by atoms with Crippen LogP contribution >= 0.6 is 0 Å². The molecule has 0 radical (unpaired) electrons. The van der Waals surface area contributed by atoms with Gasteiger partial charge in [0.2, 0.25) is 5.91 Å². The van der Waals surface area contributed by atoms with Crippen LogP contribution in [-0.2, 0) is 22.6 Å². The van der Waals surface area contributed by atoms with Gasteiger partial charge >= 0.3 is 5.97 Å². The maximum atomic E-state index is 11.9. The van der Waals surface area contributed by atoms with Gasteiger partial charge in [0.15, 0.2) is 0 Å². The molecule has 104 valence electrons. The monoisotopic (exact) mass is 263 g/mol. The summed E-state index contributed by atoms with van der Waals surface area (Å²) in [7, 11) is 0. The highest BCUT2D eigenvalue weighted by molar-refractivity contribution is 5.84. The first-order chi connectivity index (χ1) is 8.97. The van der Waals surface area contributed by atoms with E-state index in [0.717, 1.165) is 12.0 Å². The summed E-state index contributed by atoms with van der Waals surface area (Å²) in [5.74, 6) is -2.38. The summed E-state index contributed by atoms with van der Waals surface area (Å²) in [4.78, 5) is 22.7. The number of benzene rings is 1. The molecule has 0 saturated carbocycles. The number of carboxylic acids is 1. The number of aryl methyl sites for hydroxylation is 1. The van der Waals surface area contributed by atoms with E-state index in [-0.39, 0.29) is 5.91 Å². The van der Waals surface area contributed by atoms with E-state index in [2.05, 4.69) is 12.2 Å². The number of amides is 1. The highest BCUT2D eigenvalue weighted by atomic mass is 16.4. The van der Waals surface area contributed by atoms with Crippen LogP contribution in [0.4, 0.5) is 0 Å². The maximum absolute atomic E-state index is 11.9. The van der Waals surface area contributed by atoms with Crippen LogP contribution in [0.5, 0.6) is 0 Å². The molecule has 2 unspecified atom stereocenters. The lowest BCUT2D eigenvalue weighted by Crippen LogP contribution is -2.35. The SMILES string of the molecule is CCc1ccccc1CNC(=O)C(C)C(C)C(=O)O. The van der Waals surface area contributed by atoms with Crippen LogP contribution in [0.3, 0.4) is 0 Å². The van der Waals surface area contributed by atoms with E-state index in [1.807, 2.05) is 24.3 Å². The van der Waals surface area contributed by atoms with Crippen molar-refractivity contribution in [1.82, 2.24) is 5.32 Å². The Bertz CT molecular complexity index is 456. The van der Waals surface area contributed by atoms with Crippen LogP contribution in [0.1, 0.15) is 31.9 Å². The summed E-state index contributed by atoms with van der Waals surface area (Å²) in [6, 6.07) is 7.92. The number of carboxylic acid groups (broad SMARTS) is 1. The van der Waals surface area contributed by atoms with Crippen molar-refractivity contribution >= 4 is 11.9 Å². The maximum Gasteiger partial charge on any atom is 0.307 e. The number of hydrogen-bond donors (Lipinski definition) is 2. The number of aliphatic carboxylic acids is 1. The molecular formula is C15H21NO3. The van der Waals surface area contributed by atoms with Gasteiger partial charge in [-0.15, -0.1) is 0 Å². The predicted octanol–water partition coefficient (Wildman–Crippen LogP) is 2.22. The third kappa shape index (κ3) is 4.09. The van der Waals surface area contributed by atoms with Crippen molar-refractivity contribution in [2.24, 2.45) is 11.8 Å². The zero-order chi connectivity index (χ0) is 14.4. The Morgan fingerprint density at radius 1 is 1.16 bits per heavy atom. The van der Waals surface area contributed by atoms with Crippen LogP contribution in [0.2, 0.25) is 0 Å². The number of rotatable bonds is 6. The fourth-order valence-electron chi connectivity index (χ4n) is 1.86. The van der Waals surface area contributed by atoms with Gasteiger partial charge in [-0.3, -0.25) is 9.59 Å². The second kappa shape index (κ2) is 6.92. The first-order valence-corrected chi connectivity index (χ1v) is 6.54. The Morgan fingerprint density at radius 2 is 1.74 bits per heavy atom. The fraction of sp³-hybridized carbons (Fsp3) is 0.467. The van der Waals surface area contributed by atoms with E-state index in [1.54, 1.807) is 13.8 Å². The molecule has 0 fully saturated rings. The van der Waals surface area contributed by atoms with Crippen LogP contribution in [0.15, 0.2) is 24.3 Å². The molecular weight excluding hydrogens is 242 g/mol. The van der Waals surface area contributed by atoms with Crippen molar-refractivity contribution in [3.05, 3.63) is 35.4 Å². The van der Waals surface area contributed by atoms with Gasteiger partial charge in [-0.25, -0.2) is 0 Å². The van der Waals surface area contributed by atoms with Crippen molar-refractivity contribution < 1.29 is 14.7 Å². The molecule has 0 aliphatic rings. The fourth-order valence-corrected chi connectivity index (χ4v) is 1.86. The molecule has 2 atom stereocenters. The van der Waals surface area contributed by atoms with Crippen molar-refractivity contribution in [1.29, 1.82) is 0 Å². The molecule has 0 spiro atoms. The second-order valence-corrected chi connectivity index (χ2v) is 4.76. The number of carbonyl (C=O) groups excluding carboxylic acids is 1. The number of nitrogens with one attached hydrogen (secondary N) is 1. The minimum atomic E-state index is -0.948. The molecule has 1 rings (SSSR count). The molecule has 0 saturated heterocycles. The van der Waals surface area contributed by atoms with Crippen LogP contribution < -0.4 is 5.32 Å². The standard InChI is InChI=1S/C15H21NO3/c1-4-12-7-5-6-8-13(12)9-16-14(17)10(2)11(3)15(18)19/h5-8,10-11H,4,9H2,1-3H3,(H,16,17)(H,18,19). The van der Waals surface area contributed by atoms with Crippen molar-refractivity contribution in [3.8, 4) is 0 Å². The molecule has 0 aromatic heterocycles. The largest absolute Gasteiger partial charge is 0.481 e.